The highest BCUT2D eigenvalue weighted by Gasteiger charge is 2.14. The van der Waals surface area contributed by atoms with Gasteiger partial charge in [0.15, 0.2) is 0 Å². The summed E-state index contributed by atoms with van der Waals surface area (Å²) >= 11 is 0. The maximum Gasteiger partial charge on any atom is 0.227 e. The van der Waals surface area contributed by atoms with Gasteiger partial charge in [-0.3, -0.25) is 4.98 Å². The van der Waals surface area contributed by atoms with Crippen LogP contribution in [0.1, 0.15) is 0 Å². The Kier molecular flexibility index (Phi) is 4.75. The predicted molar refractivity (Wildman–Crippen MR) is 105 cm³/mol. The lowest BCUT2D eigenvalue weighted by atomic mass is 10.2. The Hall–Kier alpha value is -2.99. The summed E-state index contributed by atoms with van der Waals surface area (Å²) in [6, 6.07) is 14.2. The van der Waals surface area contributed by atoms with E-state index in [1.165, 1.54) is 5.69 Å². The molecule has 6 heteroatoms. The molecule has 3 heterocycles. The average molecular weight is 346 g/mol. The average Bonchev–Trinajstić information content (AvgIpc) is 2.70. The van der Waals surface area contributed by atoms with Gasteiger partial charge in [-0.25, -0.2) is 9.97 Å². The molecule has 132 valence electrons. The molecule has 1 fully saturated rings. The number of nitrogens with zero attached hydrogens (tertiary/aromatic N) is 5. The van der Waals surface area contributed by atoms with Gasteiger partial charge in [0.1, 0.15) is 0 Å². The van der Waals surface area contributed by atoms with E-state index in [1.807, 2.05) is 18.2 Å². The standard InChI is InChI=1S/C20H22N6/c1-25-11-13-26(14-12-25)18-6-4-17(5-7-18)23-20-22-10-8-19(24-20)16-3-2-9-21-15-16/h2-10,15H,11-14H2,1H3,(H,22,23,24). The first-order valence-corrected chi connectivity index (χ1v) is 8.82. The third-order valence-corrected chi connectivity index (χ3v) is 4.60. The van der Waals surface area contributed by atoms with E-state index in [0.29, 0.717) is 5.95 Å². The van der Waals surface area contributed by atoms with E-state index < -0.39 is 0 Å². The summed E-state index contributed by atoms with van der Waals surface area (Å²) < 4.78 is 0. The van der Waals surface area contributed by atoms with Crippen LogP contribution in [-0.2, 0) is 0 Å². The first kappa shape index (κ1) is 16.5. The van der Waals surface area contributed by atoms with Gasteiger partial charge in [0.05, 0.1) is 5.69 Å². The van der Waals surface area contributed by atoms with Crippen LogP contribution in [0.15, 0.2) is 61.1 Å². The van der Waals surface area contributed by atoms with Crippen molar-refractivity contribution in [1.29, 1.82) is 0 Å². The van der Waals surface area contributed by atoms with Crippen LogP contribution in [0.4, 0.5) is 17.3 Å². The molecule has 0 amide bonds. The Bertz CT molecular complexity index is 842. The van der Waals surface area contributed by atoms with E-state index in [0.717, 1.165) is 43.1 Å². The summed E-state index contributed by atoms with van der Waals surface area (Å²) in [5, 5.41) is 3.28. The Morgan fingerprint density at radius 1 is 0.923 bits per heavy atom. The normalized spacial score (nSPS) is 15.0. The van der Waals surface area contributed by atoms with Crippen molar-refractivity contribution in [2.75, 3.05) is 43.4 Å². The summed E-state index contributed by atoms with van der Waals surface area (Å²) in [7, 11) is 2.17. The molecule has 0 atom stereocenters. The maximum absolute atomic E-state index is 4.58. The van der Waals surface area contributed by atoms with Crippen LogP contribution in [-0.4, -0.2) is 53.1 Å². The van der Waals surface area contributed by atoms with Crippen LogP contribution >= 0.6 is 0 Å². The molecule has 3 aromatic rings. The fourth-order valence-corrected chi connectivity index (χ4v) is 3.04. The molecule has 0 spiro atoms. The van der Waals surface area contributed by atoms with Crippen molar-refractivity contribution in [2.24, 2.45) is 0 Å². The molecule has 4 rings (SSSR count). The van der Waals surface area contributed by atoms with Crippen molar-refractivity contribution in [3.63, 3.8) is 0 Å². The van der Waals surface area contributed by atoms with Gasteiger partial charge >= 0.3 is 0 Å². The quantitative estimate of drug-likeness (QED) is 0.784. The lowest BCUT2D eigenvalue weighted by molar-refractivity contribution is 0.313. The van der Waals surface area contributed by atoms with Crippen LogP contribution in [0.3, 0.4) is 0 Å². The smallest absolute Gasteiger partial charge is 0.227 e. The minimum absolute atomic E-state index is 0.582. The van der Waals surface area contributed by atoms with Gasteiger partial charge in [-0.2, -0.15) is 0 Å². The summed E-state index contributed by atoms with van der Waals surface area (Å²) in [5.41, 5.74) is 4.06. The molecule has 0 unspecified atom stereocenters. The van der Waals surface area contributed by atoms with Crippen LogP contribution in [0.25, 0.3) is 11.3 Å². The summed E-state index contributed by atoms with van der Waals surface area (Å²) in [4.78, 5) is 17.8. The second kappa shape index (κ2) is 7.49. The van der Waals surface area contributed by atoms with E-state index in [4.69, 9.17) is 0 Å². The topological polar surface area (TPSA) is 57.2 Å². The Labute approximate surface area is 153 Å². The number of aromatic nitrogens is 3. The minimum Gasteiger partial charge on any atom is -0.369 e. The van der Waals surface area contributed by atoms with Crippen LogP contribution in [0.5, 0.6) is 0 Å². The van der Waals surface area contributed by atoms with Gasteiger partial charge in [-0.1, -0.05) is 0 Å². The van der Waals surface area contributed by atoms with Gasteiger partial charge in [-0.05, 0) is 49.5 Å². The Balaban J connectivity index is 1.46. The Morgan fingerprint density at radius 2 is 1.73 bits per heavy atom. The number of nitrogens with one attached hydrogen (secondary N) is 1. The number of anilines is 3. The molecule has 0 saturated carbocycles. The highest BCUT2D eigenvalue weighted by Crippen LogP contribution is 2.22. The van der Waals surface area contributed by atoms with Crippen molar-refractivity contribution in [3.8, 4) is 11.3 Å². The minimum atomic E-state index is 0.582. The summed E-state index contributed by atoms with van der Waals surface area (Å²) in [6.07, 6.45) is 5.32. The fourth-order valence-electron chi connectivity index (χ4n) is 3.04. The van der Waals surface area contributed by atoms with Gasteiger partial charge in [0.2, 0.25) is 5.95 Å². The molecule has 1 aliphatic heterocycles. The predicted octanol–water partition coefficient (Wildman–Crippen LogP) is 3.03. The zero-order chi connectivity index (χ0) is 17.8. The lowest BCUT2D eigenvalue weighted by Gasteiger charge is -2.34. The molecule has 0 radical (unpaired) electrons. The maximum atomic E-state index is 4.58. The summed E-state index contributed by atoms with van der Waals surface area (Å²) in [6.45, 7) is 4.35. The summed E-state index contributed by atoms with van der Waals surface area (Å²) in [5.74, 6) is 0.582. The first-order chi connectivity index (χ1) is 12.8. The molecule has 26 heavy (non-hydrogen) atoms. The van der Waals surface area contributed by atoms with Crippen molar-refractivity contribution in [2.45, 2.75) is 0 Å². The van der Waals surface area contributed by atoms with Gasteiger partial charge in [0, 0.05) is 61.7 Å². The number of likely N-dealkylation sites (N-methyl/N-ethyl adjacent to an activating group) is 1. The fraction of sp³-hybridized carbons (Fsp3) is 0.250. The second-order valence-electron chi connectivity index (χ2n) is 6.47. The molecule has 6 nitrogen and oxygen atoms in total. The lowest BCUT2D eigenvalue weighted by Crippen LogP contribution is -2.44. The van der Waals surface area contributed by atoms with Crippen molar-refractivity contribution in [1.82, 2.24) is 19.9 Å². The van der Waals surface area contributed by atoms with E-state index in [1.54, 1.807) is 18.6 Å². The van der Waals surface area contributed by atoms with Crippen LogP contribution in [0.2, 0.25) is 0 Å². The van der Waals surface area contributed by atoms with E-state index in [9.17, 15) is 0 Å². The number of pyridine rings is 1. The number of rotatable bonds is 4. The zero-order valence-electron chi connectivity index (χ0n) is 14.8. The third-order valence-electron chi connectivity index (χ3n) is 4.60. The van der Waals surface area contributed by atoms with E-state index in [2.05, 4.69) is 61.4 Å². The van der Waals surface area contributed by atoms with Crippen LogP contribution < -0.4 is 10.2 Å². The van der Waals surface area contributed by atoms with Crippen molar-refractivity contribution in [3.05, 3.63) is 61.1 Å². The highest BCUT2D eigenvalue weighted by molar-refractivity contribution is 5.62. The van der Waals surface area contributed by atoms with Crippen molar-refractivity contribution < 1.29 is 0 Å². The van der Waals surface area contributed by atoms with Gasteiger partial charge < -0.3 is 15.1 Å². The molecular weight excluding hydrogens is 324 g/mol. The van der Waals surface area contributed by atoms with Gasteiger partial charge in [0.25, 0.3) is 0 Å². The Morgan fingerprint density at radius 3 is 2.46 bits per heavy atom. The highest BCUT2D eigenvalue weighted by atomic mass is 15.2. The SMILES string of the molecule is CN1CCN(c2ccc(Nc3nccc(-c4cccnc4)n3)cc2)CC1. The largest absolute Gasteiger partial charge is 0.369 e. The van der Waals surface area contributed by atoms with Crippen molar-refractivity contribution >= 4 is 17.3 Å². The van der Waals surface area contributed by atoms with E-state index in [-0.39, 0.29) is 0 Å². The molecule has 2 aromatic heterocycles. The molecule has 0 aliphatic carbocycles. The first-order valence-electron chi connectivity index (χ1n) is 8.82. The van der Waals surface area contributed by atoms with Gasteiger partial charge in [-0.15, -0.1) is 0 Å². The third kappa shape index (κ3) is 3.81. The molecule has 1 aliphatic rings. The molecule has 1 aromatic carbocycles. The number of hydrogen-bond acceptors (Lipinski definition) is 6. The molecular formula is C20H22N6. The monoisotopic (exact) mass is 346 g/mol. The number of hydrogen-bond donors (Lipinski definition) is 1. The molecule has 0 bridgehead atoms. The second-order valence-corrected chi connectivity index (χ2v) is 6.47. The zero-order valence-corrected chi connectivity index (χ0v) is 14.8. The molecule has 1 N–H and O–H groups in total. The van der Waals surface area contributed by atoms with Crippen LogP contribution in [0, 0.1) is 0 Å². The van der Waals surface area contributed by atoms with E-state index >= 15 is 0 Å². The number of benzene rings is 1. The molecule has 1 saturated heterocycles. The number of piperazine rings is 1.